The van der Waals surface area contributed by atoms with Gasteiger partial charge in [0.2, 0.25) is 0 Å². The minimum absolute atomic E-state index is 0.171. The van der Waals surface area contributed by atoms with Crippen molar-refractivity contribution in [2.45, 2.75) is 33.3 Å². The lowest BCUT2D eigenvalue weighted by atomic mass is 10.2. The summed E-state index contributed by atoms with van der Waals surface area (Å²) in [6, 6.07) is 3.29. The van der Waals surface area contributed by atoms with E-state index in [-0.39, 0.29) is 5.69 Å². The number of pyridine rings is 1. The summed E-state index contributed by atoms with van der Waals surface area (Å²) < 4.78 is 6.48. The number of fused-ring (bicyclic) bond motifs is 1. The van der Waals surface area contributed by atoms with Crippen molar-refractivity contribution in [3.05, 3.63) is 33.9 Å². The lowest BCUT2D eigenvalue weighted by Crippen LogP contribution is -2.27. The van der Waals surface area contributed by atoms with E-state index in [1.165, 1.54) is 4.40 Å². The molecule has 0 saturated carbocycles. The zero-order chi connectivity index (χ0) is 13.5. The van der Waals surface area contributed by atoms with Crippen molar-refractivity contribution in [2.24, 2.45) is 0 Å². The zero-order valence-corrected chi connectivity index (χ0v) is 10.8. The second-order valence-corrected chi connectivity index (χ2v) is 5.09. The number of nitrogens with zero attached hydrogens (tertiary/aromatic N) is 2. The number of carbonyl (C=O) groups excluding carboxylic acids is 1. The van der Waals surface area contributed by atoms with E-state index in [9.17, 15) is 9.59 Å². The van der Waals surface area contributed by atoms with Gasteiger partial charge in [-0.25, -0.2) is 19.1 Å². The van der Waals surface area contributed by atoms with Crippen LogP contribution >= 0.6 is 0 Å². The maximum absolute atomic E-state index is 12.0. The van der Waals surface area contributed by atoms with Gasteiger partial charge < -0.3 is 4.74 Å². The molecule has 0 radical (unpaired) electrons. The normalized spacial score (nSPS) is 11.8. The van der Waals surface area contributed by atoms with Crippen LogP contribution in [0.25, 0.3) is 5.65 Å². The first-order valence-electron chi connectivity index (χ1n) is 5.60. The summed E-state index contributed by atoms with van der Waals surface area (Å²) in [5, 5.41) is 6.20. The Bertz CT molecular complexity index is 661. The van der Waals surface area contributed by atoms with Crippen LogP contribution in [0.5, 0.6) is 0 Å². The Labute approximate surface area is 104 Å². The van der Waals surface area contributed by atoms with Gasteiger partial charge in [0.1, 0.15) is 11.3 Å². The van der Waals surface area contributed by atoms with E-state index in [0.29, 0.717) is 5.65 Å². The molecule has 0 fully saturated rings. The molecule has 1 N–H and O–H groups in total. The average molecular weight is 249 g/mol. The summed E-state index contributed by atoms with van der Waals surface area (Å²) in [7, 11) is 0. The number of hydrogen-bond donors (Lipinski definition) is 1. The molecule has 96 valence electrons. The van der Waals surface area contributed by atoms with Gasteiger partial charge in [0.15, 0.2) is 5.65 Å². The molecule has 6 nitrogen and oxygen atoms in total. The topological polar surface area (TPSA) is 76.5 Å². The van der Waals surface area contributed by atoms with Gasteiger partial charge in [0, 0.05) is 0 Å². The summed E-state index contributed by atoms with van der Waals surface area (Å²) in [4.78, 5) is 23.7. The molecule has 0 aliphatic rings. The van der Waals surface area contributed by atoms with E-state index in [0.717, 1.165) is 5.56 Å². The first kappa shape index (κ1) is 12.3. The predicted molar refractivity (Wildman–Crippen MR) is 65.7 cm³/mol. The van der Waals surface area contributed by atoms with Gasteiger partial charge >= 0.3 is 11.7 Å². The fourth-order valence-corrected chi connectivity index (χ4v) is 1.63. The van der Waals surface area contributed by atoms with Crippen LogP contribution in [-0.4, -0.2) is 26.2 Å². The fourth-order valence-electron chi connectivity index (χ4n) is 1.63. The molecule has 18 heavy (non-hydrogen) atoms. The molecule has 0 aliphatic carbocycles. The van der Waals surface area contributed by atoms with Crippen LogP contribution < -0.4 is 5.69 Å². The highest BCUT2D eigenvalue weighted by Crippen LogP contribution is 2.14. The van der Waals surface area contributed by atoms with Crippen LogP contribution in [0.4, 0.5) is 0 Å². The molecule has 2 rings (SSSR count). The largest absolute Gasteiger partial charge is 0.455 e. The van der Waals surface area contributed by atoms with Crippen LogP contribution in [-0.2, 0) is 4.74 Å². The van der Waals surface area contributed by atoms with Gasteiger partial charge in [0.05, 0.1) is 0 Å². The van der Waals surface area contributed by atoms with E-state index in [1.54, 1.807) is 32.9 Å². The van der Waals surface area contributed by atoms with Crippen molar-refractivity contribution in [2.75, 3.05) is 0 Å². The number of rotatable bonds is 1. The van der Waals surface area contributed by atoms with E-state index in [4.69, 9.17) is 4.74 Å². The Balaban J connectivity index is 2.59. The molecule has 6 heteroatoms. The van der Waals surface area contributed by atoms with Gasteiger partial charge in [-0.2, -0.15) is 5.10 Å². The molecule has 2 aromatic heterocycles. The third kappa shape index (κ3) is 2.13. The number of ether oxygens (including phenoxy) is 1. The maximum atomic E-state index is 12.0. The van der Waals surface area contributed by atoms with Crippen LogP contribution in [0.1, 0.15) is 36.8 Å². The Morgan fingerprint density at radius 2 is 2.06 bits per heavy atom. The van der Waals surface area contributed by atoms with Crippen LogP contribution in [0.15, 0.2) is 16.9 Å². The van der Waals surface area contributed by atoms with Crippen molar-refractivity contribution < 1.29 is 9.53 Å². The first-order valence-corrected chi connectivity index (χ1v) is 5.60. The number of esters is 1. The third-order valence-corrected chi connectivity index (χ3v) is 2.37. The average Bonchev–Trinajstić information content (AvgIpc) is 2.60. The monoisotopic (exact) mass is 249 g/mol. The first-order chi connectivity index (χ1) is 8.29. The van der Waals surface area contributed by atoms with Crippen molar-refractivity contribution in [1.29, 1.82) is 0 Å². The highest BCUT2D eigenvalue weighted by Gasteiger charge is 2.21. The minimum Gasteiger partial charge on any atom is -0.455 e. The second kappa shape index (κ2) is 3.97. The number of H-pyrrole nitrogens is 1. The molecule has 2 aromatic rings. The fraction of sp³-hybridized carbons (Fsp3) is 0.417. The van der Waals surface area contributed by atoms with E-state index in [1.807, 2.05) is 6.92 Å². The Kier molecular flexibility index (Phi) is 2.73. The lowest BCUT2D eigenvalue weighted by molar-refractivity contribution is 0.00608. The molecule has 0 aromatic carbocycles. The van der Waals surface area contributed by atoms with E-state index < -0.39 is 17.3 Å². The molecule has 0 aliphatic heterocycles. The summed E-state index contributed by atoms with van der Waals surface area (Å²) in [5.74, 6) is -0.545. The summed E-state index contributed by atoms with van der Waals surface area (Å²) in [6.07, 6.45) is 0. The molecule has 0 unspecified atom stereocenters. The molecular formula is C12H15N3O3. The minimum atomic E-state index is -0.609. The van der Waals surface area contributed by atoms with Crippen molar-refractivity contribution in [3.63, 3.8) is 0 Å². The molecular weight excluding hydrogens is 234 g/mol. The SMILES string of the molecule is Cc1ccc(C(=O)OC(C)(C)C)n2c(=O)[nH]nc12. The number of nitrogens with one attached hydrogen (secondary N) is 1. The van der Waals surface area contributed by atoms with Crippen LogP contribution in [0, 0.1) is 6.92 Å². The number of aryl methyl sites for hydroxylation is 1. The molecule has 0 saturated heterocycles. The summed E-state index contributed by atoms with van der Waals surface area (Å²) in [6.45, 7) is 7.13. The molecule has 0 atom stereocenters. The number of aromatic amines is 1. The maximum Gasteiger partial charge on any atom is 0.356 e. The highest BCUT2D eigenvalue weighted by molar-refractivity contribution is 5.88. The standard InChI is InChI=1S/C12H15N3O3/c1-7-5-6-8(10(16)18-12(2,3)4)15-9(7)13-14-11(15)17/h5-6H,1-4H3,(H,14,17). The van der Waals surface area contributed by atoms with Gasteiger partial charge in [-0.1, -0.05) is 6.07 Å². The number of aromatic nitrogens is 3. The molecule has 0 spiro atoms. The van der Waals surface area contributed by atoms with Gasteiger partial charge in [-0.05, 0) is 39.3 Å². The number of carbonyl (C=O) groups is 1. The van der Waals surface area contributed by atoms with E-state index >= 15 is 0 Å². The quantitative estimate of drug-likeness (QED) is 0.772. The summed E-state index contributed by atoms with van der Waals surface area (Å²) >= 11 is 0. The zero-order valence-electron chi connectivity index (χ0n) is 10.8. The lowest BCUT2D eigenvalue weighted by Gasteiger charge is -2.19. The Hall–Kier alpha value is -2.11. The Morgan fingerprint density at radius 3 is 2.67 bits per heavy atom. The highest BCUT2D eigenvalue weighted by atomic mass is 16.6. The Morgan fingerprint density at radius 1 is 1.39 bits per heavy atom. The van der Waals surface area contributed by atoms with Gasteiger partial charge in [-0.15, -0.1) is 0 Å². The van der Waals surface area contributed by atoms with E-state index in [2.05, 4.69) is 10.2 Å². The molecule has 0 amide bonds. The van der Waals surface area contributed by atoms with Gasteiger partial charge in [0.25, 0.3) is 0 Å². The van der Waals surface area contributed by atoms with Crippen molar-refractivity contribution >= 4 is 11.6 Å². The third-order valence-electron chi connectivity index (χ3n) is 2.37. The van der Waals surface area contributed by atoms with Crippen LogP contribution in [0.3, 0.4) is 0 Å². The second-order valence-electron chi connectivity index (χ2n) is 5.09. The van der Waals surface area contributed by atoms with Crippen LogP contribution in [0.2, 0.25) is 0 Å². The smallest absolute Gasteiger partial charge is 0.356 e. The van der Waals surface area contributed by atoms with Crippen molar-refractivity contribution in [3.8, 4) is 0 Å². The molecule has 2 heterocycles. The predicted octanol–water partition coefficient (Wildman–Crippen LogP) is 1.29. The van der Waals surface area contributed by atoms with Crippen molar-refractivity contribution in [1.82, 2.24) is 14.6 Å². The summed E-state index contributed by atoms with van der Waals surface area (Å²) in [5.41, 5.74) is 0.351. The molecule has 0 bridgehead atoms. The van der Waals surface area contributed by atoms with Gasteiger partial charge in [-0.3, -0.25) is 0 Å². The number of hydrogen-bond acceptors (Lipinski definition) is 4.